The number of nitrogens with zero attached hydrogens (tertiary/aromatic N) is 4. The van der Waals surface area contributed by atoms with E-state index in [2.05, 4.69) is 15.5 Å². The molecule has 0 unspecified atom stereocenters. The number of amides is 1. The molecule has 2 heterocycles. The normalized spacial score (nSPS) is 10.9. The molecule has 2 rings (SSSR count). The quantitative estimate of drug-likeness (QED) is 0.897. The number of anilines is 1. The summed E-state index contributed by atoms with van der Waals surface area (Å²) in [5.74, 6) is -0.218. The van der Waals surface area contributed by atoms with Crippen LogP contribution in [-0.2, 0) is 6.54 Å². The maximum absolute atomic E-state index is 11.9. The van der Waals surface area contributed by atoms with E-state index < -0.39 is 0 Å². The molecule has 0 aliphatic heterocycles. The highest BCUT2D eigenvalue weighted by atomic mass is 16.2. The first-order valence-electron chi connectivity index (χ1n) is 5.99. The minimum absolute atomic E-state index is 0.218. The number of hydrogen-bond donors (Lipinski definition) is 1. The van der Waals surface area contributed by atoms with Crippen LogP contribution in [0.15, 0.2) is 24.7 Å². The number of rotatable bonds is 4. The van der Waals surface area contributed by atoms with Gasteiger partial charge in [-0.25, -0.2) is 0 Å². The summed E-state index contributed by atoms with van der Waals surface area (Å²) in [5.41, 5.74) is 1.09. The predicted octanol–water partition coefficient (Wildman–Crippen LogP) is 1.93. The van der Waals surface area contributed by atoms with Crippen LogP contribution >= 0.6 is 0 Å². The standard InChI is InChI=1S/C12H17N5O/c1-4-16-8-10(7-13-16)14-12(18)11-5-6-17(15-11)9(2)3/h5-9H,4H2,1-3H3,(H,14,18). The maximum atomic E-state index is 11.9. The molecule has 0 saturated carbocycles. The molecule has 96 valence electrons. The second-order valence-electron chi connectivity index (χ2n) is 4.31. The third-order valence-electron chi connectivity index (χ3n) is 2.59. The highest BCUT2D eigenvalue weighted by molar-refractivity contribution is 6.02. The highest BCUT2D eigenvalue weighted by Gasteiger charge is 2.11. The van der Waals surface area contributed by atoms with Crippen LogP contribution in [0.3, 0.4) is 0 Å². The van der Waals surface area contributed by atoms with E-state index in [1.54, 1.807) is 34.0 Å². The van der Waals surface area contributed by atoms with Crippen LogP contribution in [0.1, 0.15) is 37.3 Å². The van der Waals surface area contributed by atoms with Crippen molar-refractivity contribution in [2.75, 3.05) is 5.32 Å². The van der Waals surface area contributed by atoms with Gasteiger partial charge in [-0.15, -0.1) is 0 Å². The Labute approximate surface area is 106 Å². The van der Waals surface area contributed by atoms with Gasteiger partial charge in [0.15, 0.2) is 5.69 Å². The molecule has 6 nitrogen and oxygen atoms in total. The summed E-state index contributed by atoms with van der Waals surface area (Å²) < 4.78 is 3.51. The summed E-state index contributed by atoms with van der Waals surface area (Å²) in [5, 5.41) is 11.1. The predicted molar refractivity (Wildman–Crippen MR) is 68.5 cm³/mol. The summed E-state index contributed by atoms with van der Waals surface area (Å²) in [6.07, 6.45) is 5.22. The average Bonchev–Trinajstić information content (AvgIpc) is 2.97. The lowest BCUT2D eigenvalue weighted by molar-refractivity contribution is 0.102. The first-order chi connectivity index (χ1) is 8.60. The molecule has 18 heavy (non-hydrogen) atoms. The minimum atomic E-state index is -0.218. The zero-order valence-corrected chi connectivity index (χ0v) is 10.8. The Bertz CT molecular complexity index is 540. The van der Waals surface area contributed by atoms with Crippen molar-refractivity contribution in [2.24, 2.45) is 0 Å². The van der Waals surface area contributed by atoms with Crippen molar-refractivity contribution in [1.29, 1.82) is 0 Å². The molecule has 2 aromatic rings. The number of nitrogens with one attached hydrogen (secondary N) is 1. The summed E-state index contributed by atoms with van der Waals surface area (Å²) in [6.45, 7) is 6.79. The van der Waals surface area contributed by atoms with Crippen molar-refractivity contribution < 1.29 is 4.79 Å². The Morgan fingerprint density at radius 3 is 2.83 bits per heavy atom. The fraction of sp³-hybridized carbons (Fsp3) is 0.417. The van der Waals surface area contributed by atoms with E-state index in [4.69, 9.17) is 0 Å². The summed E-state index contributed by atoms with van der Waals surface area (Å²) in [6, 6.07) is 1.95. The van der Waals surface area contributed by atoms with E-state index >= 15 is 0 Å². The fourth-order valence-electron chi connectivity index (χ4n) is 1.54. The van der Waals surface area contributed by atoms with Crippen molar-refractivity contribution in [3.63, 3.8) is 0 Å². The third-order valence-corrected chi connectivity index (χ3v) is 2.59. The summed E-state index contributed by atoms with van der Waals surface area (Å²) in [7, 11) is 0. The number of aryl methyl sites for hydroxylation is 1. The maximum Gasteiger partial charge on any atom is 0.276 e. The van der Waals surface area contributed by atoms with Gasteiger partial charge < -0.3 is 5.32 Å². The van der Waals surface area contributed by atoms with Gasteiger partial charge in [-0.2, -0.15) is 10.2 Å². The molecule has 0 aliphatic rings. The Kier molecular flexibility index (Phi) is 3.45. The average molecular weight is 247 g/mol. The van der Waals surface area contributed by atoms with Crippen LogP contribution < -0.4 is 5.32 Å². The Morgan fingerprint density at radius 1 is 1.50 bits per heavy atom. The summed E-state index contributed by atoms with van der Waals surface area (Å²) >= 11 is 0. The van der Waals surface area contributed by atoms with E-state index in [0.29, 0.717) is 11.4 Å². The van der Waals surface area contributed by atoms with Gasteiger partial charge in [-0.1, -0.05) is 0 Å². The van der Waals surface area contributed by atoms with Crippen LogP contribution in [0, 0.1) is 0 Å². The number of hydrogen-bond acceptors (Lipinski definition) is 3. The second-order valence-corrected chi connectivity index (χ2v) is 4.31. The van der Waals surface area contributed by atoms with Crippen molar-refractivity contribution >= 4 is 11.6 Å². The van der Waals surface area contributed by atoms with Crippen molar-refractivity contribution in [3.05, 3.63) is 30.4 Å². The van der Waals surface area contributed by atoms with Gasteiger partial charge >= 0.3 is 0 Å². The number of aromatic nitrogens is 4. The zero-order valence-electron chi connectivity index (χ0n) is 10.8. The van der Waals surface area contributed by atoms with E-state index in [0.717, 1.165) is 6.54 Å². The van der Waals surface area contributed by atoms with Gasteiger partial charge in [0.25, 0.3) is 5.91 Å². The molecule has 1 amide bonds. The minimum Gasteiger partial charge on any atom is -0.318 e. The molecule has 0 radical (unpaired) electrons. The van der Waals surface area contributed by atoms with E-state index in [9.17, 15) is 4.79 Å². The monoisotopic (exact) mass is 247 g/mol. The molecule has 0 spiro atoms. The molecule has 0 aliphatic carbocycles. The Balaban J connectivity index is 2.06. The Hall–Kier alpha value is -2.11. The molecule has 0 fully saturated rings. The molecular weight excluding hydrogens is 230 g/mol. The molecular formula is C12H17N5O. The van der Waals surface area contributed by atoms with E-state index in [1.807, 2.05) is 20.8 Å². The topological polar surface area (TPSA) is 64.7 Å². The molecule has 0 saturated heterocycles. The van der Waals surface area contributed by atoms with Gasteiger partial charge in [0, 0.05) is 25.0 Å². The lowest BCUT2D eigenvalue weighted by Crippen LogP contribution is -2.13. The van der Waals surface area contributed by atoms with Gasteiger partial charge in [0.2, 0.25) is 0 Å². The molecule has 1 N–H and O–H groups in total. The summed E-state index contributed by atoms with van der Waals surface area (Å²) in [4.78, 5) is 11.9. The van der Waals surface area contributed by atoms with Crippen LogP contribution in [0.4, 0.5) is 5.69 Å². The van der Waals surface area contributed by atoms with Crippen LogP contribution in [0.5, 0.6) is 0 Å². The fourth-order valence-corrected chi connectivity index (χ4v) is 1.54. The molecule has 6 heteroatoms. The molecule has 0 bridgehead atoms. The highest BCUT2D eigenvalue weighted by Crippen LogP contribution is 2.09. The van der Waals surface area contributed by atoms with Crippen LogP contribution in [0.25, 0.3) is 0 Å². The van der Waals surface area contributed by atoms with Gasteiger partial charge in [0.1, 0.15) is 0 Å². The largest absolute Gasteiger partial charge is 0.318 e. The third kappa shape index (κ3) is 2.58. The van der Waals surface area contributed by atoms with E-state index in [1.165, 1.54) is 0 Å². The SMILES string of the molecule is CCn1cc(NC(=O)c2ccn(C(C)C)n2)cn1. The second kappa shape index (κ2) is 5.03. The first-order valence-corrected chi connectivity index (χ1v) is 5.99. The molecule has 0 aromatic carbocycles. The Morgan fingerprint density at radius 2 is 2.28 bits per heavy atom. The first kappa shape index (κ1) is 12.3. The van der Waals surface area contributed by atoms with Gasteiger partial charge in [-0.3, -0.25) is 14.2 Å². The van der Waals surface area contributed by atoms with Crippen LogP contribution in [0.2, 0.25) is 0 Å². The van der Waals surface area contributed by atoms with Gasteiger partial charge in [-0.05, 0) is 26.8 Å². The van der Waals surface area contributed by atoms with Crippen molar-refractivity contribution in [2.45, 2.75) is 33.4 Å². The number of carbonyl (C=O) groups excluding carboxylic acids is 1. The van der Waals surface area contributed by atoms with E-state index in [-0.39, 0.29) is 11.9 Å². The van der Waals surface area contributed by atoms with Gasteiger partial charge in [0.05, 0.1) is 11.9 Å². The molecule has 2 aromatic heterocycles. The van der Waals surface area contributed by atoms with Crippen LogP contribution in [-0.4, -0.2) is 25.5 Å². The molecule has 0 atom stereocenters. The van der Waals surface area contributed by atoms with Crippen molar-refractivity contribution in [1.82, 2.24) is 19.6 Å². The smallest absolute Gasteiger partial charge is 0.276 e. The lowest BCUT2D eigenvalue weighted by atomic mass is 10.4. The zero-order chi connectivity index (χ0) is 13.1. The van der Waals surface area contributed by atoms with Crippen molar-refractivity contribution in [3.8, 4) is 0 Å². The number of carbonyl (C=O) groups is 1. The lowest BCUT2D eigenvalue weighted by Gasteiger charge is -2.03.